The van der Waals surface area contributed by atoms with Crippen LogP contribution in [0.15, 0.2) is 48.5 Å². The number of halogens is 1. The Kier molecular flexibility index (Phi) is 6.31. The molecule has 0 saturated carbocycles. The van der Waals surface area contributed by atoms with Gasteiger partial charge in [-0.1, -0.05) is 64.5 Å². The van der Waals surface area contributed by atoms with Crippen LogP contribution in [0.3, 0.4) is 0 Å². The highest BCUT2D eigenvalue weighted by molar-refractivity contribution is 9.09. The molecule has 1 saturated heterocycles. The van der Waals surface area contributed by atoms with Gasteiger partial charge in [0.25, 0.3) is 0 Å². The molecule has 2 aromatic carbocycles. The smallest absolute Gasteiger partial charge is 0.187 e. The third kappa shape index (κ3) is 5.19. The highest BCUT2D eigenvalue weighted by Gasteiger charge is 2.23. The zero-order chi connectivity index (χ0) is 16.7. The maximum atomic E-state index is 9.37. The number of hydrogen-bond donors (Lipinski definition) is 1. The summed E-state index contributed by atoms with van der Waals surface area (Å²) in [5.41, 5.74) is 3.30. The molecule has 5 heteroatoms. The van der Waals surface area contributed by atoms with Crippen LogP contribution in [0.1, 0.15) is 23.3 Å². The first-order valence-corrected chi connectivity index (χ1v) is 8.10. The predicted octanol–water partition coefficient (Wildman–Crippen LogP) is 4.97. The maximum absolute atomic E-state index is 9.37. The predicted molar refractivity (Wildman–Crippen MR) is 92.9 cm³/mol. The van der Waals surface area contributed by atoms with Crippen molar-refractivity contribution in [3.63, 3.8) is 0 Å². The largest absolute Gasteiger partial charge is 0.388 e. The lowest BCUT2D eigenvalue weighted by Crippen LogP contribution is -1.96. The van der Waals surface area contributed by atoms with Crippen molar-refractivity contribution in [2.75, 3.05) is 11.9 Å². The minimum atomic E-state index is -0.482. The molecule has 0 bridgehead atoms. The topological polar surface area (TPSA) is 41.5 Å². The van der Waals surface area contributed by atoms with Gasteiger partial charge in [0.15, 0.2) is 11.4 Å². The minimum absolute atomic E-state index is 0.301. The number of epoxide rings is 1. The molecular weight excluding hydrogens is 356 g/mol. The zero-order valence-electron chi connectivity index (χ0n) is 12.3. The van der Waals surface area contributed by atoms with Gasteiger partial charge in [0, 0.05) is 5.33 Å². The van der Waals surface area contributed by atoms with Gasteiger partial charge in [-0.15, -0.1) is 0 Å². The van der Waals surface area contributed by atoms with Crippen LogP contribution in [0.4, 0.5) is 11.4 Å². The molecule has 0 unspecified atom stereocenters. The average Bonchev–Trinajstić information content (AvgIpc) is 3.47. The molecule has 1 aliphatic rings. The molecule has 116 valence electrons. The van der Waals surface area contributed by atoms with Gasteiger partial charge in [-0.2, -0.15) is 0 Å². The van der Waals surface area contributed by atoms with E-state index in [0.717, 1.165) is 12.2 Å². The normalized spacial score (nSPS) is 16.3. The number of rotatable bonds is 3. The molecule has 3 rings (SSSR count). The van der Waals surface area contributed by atoms with Crippen molar-refractivity contribution in [1.82, 2.24) is 0 Å². The van der Waals surface area contributed by atoms with E-state index >= 15 is 0 Å². The first kappa shape index (κ1) is 17.2. The molecule has 0 aromatic heterocycles. The summed E-state index contributed by atoms with van der Waals surface area (Å²) in [6.07, 6.45) is -0.181. The van der Waals surface area contributed by atoms with Gasteiger partial charge in [-0.25, -0.2) is 9.69 Å². The lowest BCUT2D eigenvalue weighted by molar-refractivity contribution is 0.205. The fourth-order valence-electron chi connectivity index (χ4n) is 1.86. The minimum Gasteiger partial charge on any atom is -0.388 e. The molecule has 1 heterocycles. The van der Waals surface area contributed by atoms with E-state index in [0.29, 0.717) is 22.8 Å². The first-order valence-electron chi connectivity index (χ1n) is 6.98. The fraction of sp³-hybridized carbons (Fsp3) is 0.222. The molecular formula is C18H15BrN2O2. The molecule has 1 N–H and O–H groups in total. The van der Waals surface area contributed by atoms with Crippen molar-refractivity contribution in [3.05, 3.63) is 82.5 Å². The molecule has 4 nitrogen and oxygen atoms in total. The number of nitrogens with zero attached hydrogens (tertiary/aromatic N) is 2. The Bertz CT molecular complexity index is 711. The van der Waals surface area contributed by atoms with Crippen LogP contribution in [0.2, 0.25) is 0 Å². The molecule has 2 atom stereocenters. The monoisotopic (exact) mass is 370 g/mol. The summed E-state index contributed by atoms with van der Waals surface area (Å²) < 4.78 is 5.09. The van der Waals surface area contributed by atoms with Crippen molar-refractivity contribution in [2.45, 2.75) is 12.2 Å². The summed E-state index contributed by atoms with van der Waals surface area (Å²) in [5.74, 6) is 0. The second-order valence-corrected chi connectivity index (χ2v) is 5.55. The summed E-state index contributed by atoms with van der Waals surface area (Å²) in [7, 11) is 0. The van der Waals surface area contributed by atoms with Gasteiger partial charge in [0.2, 0.25) is 0 Å². The second-order valence-electron chi connectivity index (χ2n) is 4.90. The maximum Gasteiger partial charge on any atom is 0.187 e. The van der Waals surface area contributed by atoms with Crippen LogP contribution in [0.5, 0.6) is 0 Å². The molecule has 2 aromatic rings. The van der Waals surface area contributed by atoms with E-state index in [1.165, 1.54) is 5.56 Å². The SMILES string of the molecule is [C-]#[N+]c1ccc([C@H](O)CBr)cc1.[C-]#[N+]c1ccc([C@H]2CO2)cc1. The molecule has 0 aliphatic carbocycles. The molecule has 0 amide bonds. The van der Waals surface area contributed by atoms with Crippen molar-refractivity contribution >= 4 is 27.3 Å². The number of aliphatic hydroxyl groups excluding tert-OH is 1. The van der Waals surface area contributed by atoms with Crippen molar-refractivity contribution in [3.8, 4) is 0 Å². The van der Waals surface area contributed by atoms with Gasteiger partial charge in [0.1, 0.15) is 6.10 Å². The van der Waals surface area contributed by atoms with Gasteiger partial charge in [-0.3, -0.25) is 0 Å². The van der Waals surface area contributed by atoms with Crippen LogP contribution in [-0.4, -0.2) is 17.0 Å². The fourth-order valence-corrected chi connectivity index (χ4v) is 2.24. The average molecular weight is 371 g/mol. The number of benzene rings is 2. The number of hydrogen-bond acceptors (Lipinski definition) is 2. The lowest BCUT2D eigenvalue weighted by Gasteiger charge is -2.05. The lowest BCUT2D eigenvalue weighted by atomic mass is 10.1. The molecule has 1 aliphatic heterocycles. The first-order chi connectivity index (χ1) is 11.2. The van der Waals surface area contributed by atoms with Crippen LogP contribution >= 0.6 is 15.9 Å². The summed E-state index contributed by atoms with van der Waals surface area (Å²) in [5, 5.41) is 9.89. The Labute approximate surface area is 144 Å². The van der Waals surface area contributed by atoms with Crippen molar-refractivity contribution < 1.29 is 9.84 Å². The van der Waals surface area contributed by atoms with E-state index < -0.39 is 6.10 Å². The van der Waals surface area contributed by atoms with E-state index in [1.54, 1.807) is 24.3 Å². The summed E-state index contributed by atoms with van der Waals surface area (Å²) in [6.45, 7) is 14.3. The van der Waals surface area contributed by atoms with Crippen LogP contribution < -0.4 is 0 Å². The van der Waals surface area contributed by atoms with Crippen LogP contribution in [-0.2, 0) is 4.74 Å². The van der Waals surface area contributed by atoms with E-state index in [2.05, 4.69) is 25.6 Å². The van der Waals surface area contributed by atoms with E-state index in [-0.39, 0.29) is 0 Å². The highest BCUT2D eigenvalue weighted by Crippen LogP contribution is 2.30. The highest BCUT2D eigenvalue weighted by atomic mass is 79.9. The number of ether oxygens (including phenoxy) is 1. The van der Waals surface area contributed by atoms with Gasteiger partial charge < -0.3 is 9.84 Å². The van der Waals surface area contributed by atoms with E-state index in [4.69, 9.17) is 17.9 Å². The summed E-state index contributed by atoms with van der Waals surface area (Å²) in [6, 6.07) is 14.5. The molecule has 1 fully saturated rings. The molecule has 0 radical (unpaired) electrons. The zero-order valence-corrected chi connectivity index (χ0v) is 13.9. The van der Waals surface area contributed by atoms with E-state index in [1.807, 2.05) is 24.3 Å². The summed E-state index contributed by atoms with van der Waals surface area (Å²) >= 11 is 3.18. The standard InChI is InChI=1S/C9H8BrNO.C9H7NO/c1-11-8-4-2-7(3-5-8)9(12)6-10;1-10-8-4-2-7(3-5-8)9-6-11-9/h2-5,9,12H,6H2;2-5,9H,6H2/t2*9-/m11/s1. The van der Waals surface area contributed by atoms with Gasteiger partial charge in [0.05, 0.1) is 25.9 Å². The van der Waals surface area contributed by atoms with Crippen molar-refractivity contribution in [1.29, 1.82) is 0 Å². The third-order valence-corrected chi connectivity index (χ3v) is 3.89. The Morgan fingerprint density at radius 3 is 1.91 bits per heavy atom. The number of alkyl halides is 1. The van der Waals surface area contributed by atoms with Crippen LogP contribution in [0.25, 0.3) is 9.69 Å². The second kappa shape index (κ2) is 8.45. The summed E-state index contributed by atoms with van der Waals surface area (Å²) in [4.78, 5) is 6.55. The Morgan fingerprint density at radius 2 is 1.52 bits per heavy atom. The van der Waals surface area contributed by atoms with Gasteiger partial charge in [-0.05, 0) is 11.1 Å². The Morgan fingerprint density at radius 1 is 1.04 bits per heavy atom. The quantitative estimate of drug-likeness (QED) is 0.470. The Hall–Kier alpha value is -2.18. The molecule has 0 spiro atoms. The number of aliphatic hydroxyl groups is 1. The third-order valence-electron chi connectivity index (χ3n) is 3.28. The van der Waals surface area contributed by atoms with E-state index in [9.17, 15) is 5.11 Å². The van der Waals surface area contributed by atoms with Crippen LogP contribution in [0, 0.1) is 13.1 Å². The van der Waals surface area contributed by atoms with Crippen molar-refractivity contribution in [2.24, 2.45) is 0 Å². The van der Waals surface area contributed by atoms with Gasteiger partial charge >= 0.3 is 0 Å². The molecule has 23 heavy (non-hydrogen) atoms. The Balaban J connectivity index is 0.000000167.